The molecule has 8 heteroatoms. The molecule has 0 saturated heterocycles. The average molecular weight is 276 g/mol. The summed E-state index contributed by atoms with van der Waals surface area (Å²) in [5.41, 5.74) is 0.541. The molecule has 96 valence electrons. The summed E-state index contributed by atoms with van der Waals surface area (Å²) < 4.78 is 6.04. The molecule has 3 heterocycles. The Morgan fingerprint density at radius 2 is 2.32 bits per heavy atom. The van der Waals surface area contributed by atoms with E-state index in [1.165, 1.54) is 24.5 Å². The Balaban J connectivity index is 2.29. The maximum Gasteiger partial charge on any atom is 0.354 e. The third kappa shape index (κ3) is 1.91. The number of thiophene rings is 1. The van der Waals surface area contributed by atoms with Crippen molar-refractivity contribution in [2.75, 3.05) is 7.11 Å². The Hall–Kier alpha value is -2.48. The van der Waals surface area contributed by atoms with Crippen molar-refractivity contribution in [3.05, 3.63) is 29.3 Å². The molecule has 0 aromatic carbocycles. The Morgan fingerprint density at radius 3 is 2.95 bits per heavy atom. The first-order chi connectivity index (χ1) is 9.19. The topological polar surface area (TPSA) is 89.6 Å². The third-order valence-electron chi connectivity index (χ3n) is 2.47. The number of carboxylic acid groups (broad SMARTS) is 1. The Morgan fingerprint density at radius 1 is 1.47 bits per heavy atom. The van der Waals surface area contributed by atoms with Crippen molar-refractivity contribution < 1.29 is 14.6 Å². The molecule has 3 aromatic heterocycles. The van der Waals surface area contributed by atoms with Gasteiger partial charge in [0.1, 0.15) is 0 Å². The fourth-order valence-corrected chi connectivity index (χ4v) is 2.33. The summed E-state index contributed by atoms with van der Waals surface area (Å²) in [4.78, 5) is 20.4. The molecule has 0 fully saturated rings. The van der Waals surface area contributed by atoms with E-state index in [2.05, 4.69) is 15.1 Å². The summed E-state index contributed by atoms with van der Waals surface area (Å²) >= 11 is 1.47. The van der Waals surface area contributed by atoms with Crippen molar-refractivity contribution in [3.8, 4) is 16.6 Å². The first-order valence-electron chi connectivity index (χ1n) is 5.28. The van der Waals surface area contributed by atoms with Gasteiger partial charge in [0.25, 0.3) is 5.78 Å². The lowest BCUT2D eigenvalue weighted by Crippen LogP contribution is -2.08. The second kappa shape index (κ2) is 4.32. The van der Waals surface area contributed by atoms with Crippen LogP contribution in [0.1, 0.15) is 10.5 Å². The smallest absolute Gasteiger partial charge is 0.354 e. The standard InChI is InChI=1S/C11H8N4O3S/c1-18-11-13-10-12-6(8-3-2-4-19-8)5-7(9(16)17)15(10)14-11/h2-5H,1H3,(H,16,17). The number of hydrogen-bond donors (Lipinski definition) is 1. The van der Waals surface area contributed by atoms with Crippen LogP contribution < -0.4 is 4.74 Å². The summed E-state index contributed by atoms with van der Waals surface area (Å²) in [7, 11) is 1.41. The number of aromatic carboxylic acids is 1. The lowest BCUT2D eigenvalue weighted by molar-refractivity contribution is 0.0687. The van der Waals surface area contributed by atoms with Gasteiger partial charge in [-0.2, -0.15) is 9.50 Å². The highest BCUT2D eigenvalue weighted by Crippen LogP contribution is 2.24. The van der Waals surface area contributed by atoms with E-state index in [-0.39, 0.29) is 17.5 Å². The Kier molecular flexibility index (Phi) is 2.64. The lowest BCUT2D eigenvalue weighted by Gasteiger charge is -2.01. The first kappa shape index (κ1) is 11.6. The van der Waals surface area contributed by atoms with E-state index >= 15 is 0 Å². The van der Waals surface area contributed by atoms with E-state index in [0.29, 0.717) is 5.69 Å². The number of fused-ring (bicyclic) bond motifs is 1. The average Bonchev–Trinajstić information content (AvgIpc) is 3.05. The number of ether oxygens (including phenoxy) is 1. The van der Waals surface area contributed by atoms with Crippen molar-refractivity contribution in [1.82, 2.24) is 19.6 Å². The summed E-state index contributed by atoms with van der Waals surface area (Å²) in [6, 6.07) is 5.28. The number of methoxy groups -OCH3 is 1. The number of hydrogen-bond acceptors (Lipinski definition) is 6. The summed E-state index contributed by atoms with van der Waals surface area (Å²) in [5.74, 6) is -0.905. The van der Waals surface area contributed by atoms with Gasteiger partial charge in [0.15, 0.2) is 5.69 Å². The highest BCUT2D eigenvalue weighted by molar-refractivity contribution is 7.13. The van der Waals surface area contributed by atoms with Crippen LogP contribution in [0.5, 0.6) is 6.01 Å². The van der Waals surface area contributed by atoms with Crippen molar-refractivity contribution in [3.63, 3.8) is 0 Å². The van der Waals surface area contributed by atoms with Gasteiger partial charge in [0.05, 0.1) is 17.7 Å². The molecule has 0 saturated carbocycles. The van der Waals surface area contributed by atoms with Crippen molar-refractivity contribution in [2.45, 2.75) is 0 Å². The predicted molar refractivity (Wildman–Crippen MR) is 67.6 cm³/mol. The van der Waals surface area contributed by atoms with E-state index < -0.39 is 5.97 Å². The molecule has 0 radical (unpaired) electrons. The minimum atomic E-state index is -1.10. The first-order valence-corrected chi connectivity index (χ1v) is 6.16. The number of aromatic nitrogens is 4. The molecule has 3 rings (SSSR count). The SMILES string of the molecule is COc1nc2nc(-c3cccs3)cc(C(=O)O)n2n1. The quantitative estimate of drug-likeness (QED) is 0.780. The van der Waals surface area contributed by atoms with Gasteiger partial charge in [0.2, 0.25) is 0 Å². The van der Waals surface area contributed by atoms with E-state index in [0.717, 1.165) is 9.39 Å². The largest absolute Gasteiger partial charge is 0.477 e. The van der Waals surface area contributed by atoms with Gasteiger partial charge in [-0.05, 0) is 17.5 Å². The van der Waals surface area contributed by atoms with Gasteiger partial charge in [-0.1, -0.05) is 6.07 Å². The molecule has 19 heavy (non-hydrogen) atoms. The maximum atomic E-state index is 11.3. The third-order valence-corrected chi connectivity index (χ3v) is 3.36. The Labute approximate surface area is 111 Å². The minimum absolute atomic E-state index is 0.01000. The highest BCUT2D eigenvalue weighted by Gasteiger charge is 2.17. The number of carbonyl (C=O) groups is 1. The van der Waals surface area contributed by atoms with Crippen LogP contribution in [0, 0.1) is 0 Å². The van der Waals surface area contributed by atoms with Crippen LogP contribution in [0.3, 0.4) is 0 Å². The maximum absolute atomic E-state index is 11.3. The summed E-state index contributed by atoms with van der Waals surface area (Å²) in [5, 5.41) is 15.0. The van der Waals surface area contributed by atoms with Crippen LogP contribution in [-0.4, -0.2) is 37.8 Å². The molecular weight excluding hydrogens is 268 g/mol. The van der Waals surface area contributed by atoms with E-state index in [1.807, 2.05) is 17.5 Å². The molecule has 0 atom stereocenters. The van der Waals surface area contributed by atoms with Crippen molar-refractivity contribution in [2.24, 2.45) is 0 Å². The number of carboxylic acids is 1. The van der Waals surface area contributed by atoms with Gasteiger partial charge < -0.3 is 9.84 Å². The summed E-state index contributed by atoms with van der Waals surface area (Å²) in [6.45, 7) is 0. The van der Waals surface area contributed by atoms with Crippen LogP contribution in [0.15, 0.2) is 23.6 Å². The van der Waals surface area contributed by atoms with E-state index in [9.17, 15) is 9.90 Å². The highest BCUT2D eigenvalue weighted by atomic mass is 32.1. The fraction of sp³-hybridized carbons (Fsp3) is 0.0909. The van der Waals surface area contributed by atoms with Crippen molar-refractivity contribution >= 4 is 23.1 Å². The van der Waals surface area contributed by atoms with Crippen LogP contribution in [0.25, 0.3) is 16.3 Å². The predicted octanol–water partition coefficient (Wildman–Crippen LogP) is 1.56. The molecule has 0 bridgehead atoms. The minimum Gasteiger partial charge on any atom is -0.477 e. The molecule has 7 nitrogen and oxygen atoms in total. The number of rotatable bonds is 3. The van der Waals surface area contributed by atoms with Crippen LogP contribution in [0.2, 0.25) is 0 Å². The van der Waals surface area contributed by atoms with Gasteiger partial charge in [-0.25, -0.2) is 9.78 Å². The van der Waals surface area contributed by atoms with Gasteiger partial charge in [0, 0.05) is 0 Å². The molecule has 0 unspecified atom stereocenters. The second-order valence-electron chi connectivity index (χ2n) is 3.62. The molecule has 0 amide bonds. The molecule has 0 aliphatic carbocycles. The van der Waals surface area contributed by atoms with Gasteiger partial charge in [-0.3, -0.25) is 0 Å². The molecule has 0 aliphatic heterocycles. The van der Waals surface area contributed by atoms with Crippen LogP contribution in [-0.2, 0) is 0 Å². The van der Waals surface area contributed by atoms with Crippen LogP contribution >= 0.6 is 11.3 Å². The summed E-state index contributed by atoms with van der Waals surface area (Å²) in [6.07, 6.45) is 0. The zero-order valence-corrected chi connectivity index (χ0v) is 10.6. The zero-order valence-electron chi connectivity index (χ0n) is 9.77. The molecule has 0 aliphatic rings. The normalized spacial score (nSPS) is 10.8. The van der Waals surface area contributed by atoms with Crippen molar-refractivity contribution in [1.29, 1.82) is 0 Å². The second-order valence-corrected chi connectivity index (χ2v) is 4.57. The Bertz CT molecular complexity index is 751. The fourth-order valence-electron chi connectivity index (χ4n) is 1.64. The van der Waals surface area contributed by atoms with Gasteiger partial charge >= 0.3 is 12.0 Å². The van der Waals surface area contributed by atoms with E-state index in [4.69, 9.17) is 4.74 Å². The molecule has 0 spiro atoms. The number of nitrogens with zero attached hydrogens (tertiary/aromatic N) is 4. The van der Waals surface area contributed by atoms with E-state index in [1.54, 1.807) is 0 Å². The monoisotopic (exact) mass is 276 g/mol. The lowest BCUT2D eigenvalue weighted by atomic mass is 10.3. The van der Waals surface area contributed by atoms with Crippen LogP contribution in [0.4, 0.5) is 0 Å². The zero-order chi connectivity index (χ0) is 13.4. The molecular formula is C11H8N4O3S. The van der Waals surface area contributed by atoms with Gasteiger partial charge in [-0.15, -0.1) is 16.4 Å². The molecule has 3 aromatic rings. The molecule has 1 N–H and O–H groups in total.